The fourth-order valence-electron chi connectivity index (χ4n) is 6.73. The van der Waals surface area contributed by atoms with Crippen LogP contribution in [0.3, 0.4) is 0 Å². The molecule has 8 aromatic rings. The molecular weight excluding hydrogens is 848 g/mol. The molecule has 0 aliphatic rings. The first-order chi connectivity index (χ1) is 26.5. The van der Waals surface area contributed by atoms with Crippen LogP contribution in [0.1, 0.15) is 92.2 Å². The van der Waals surface area contributed by atoms with Gasteiger partial charge in [0, 0.05) is 53.5 Å². The second kappa shape index (κ2) is 15.4. The molecule has 0 unspecified atom stereocenters. The molecule has 8 rings (SSSR count). The number of hydrogen-bond donors (Lipinski definition) is 0. The number of pyridine rings is 2. The van der Waals surface area contributed by atoms with Gasteiger partial charge in [-0.05, 0) is 64.3 Å². The first-order valence-electron chi connectivity index (χ1n) is 19.5. The van der Waals surface area contributed by atoms with Gasteiger partial charge in [0.15, 0.2) is 5.65 Å². The normalized spacial score (nSPS) is 12.8. The summed E-state index contributed by atoms with van der Waals surface area (Å²) in [5, 5.41) is 2.16. The van der Waals surface area contributed by atoms with E-state index in [0.717, 1.165) is 61.7 Å². The number of imidazole rings is 1. The van der Waals surface area contributed by atoms with Gasteiger partial charge in [0.2, 0.25) is 0 Å². The van der Waals surface area contributed by atoms with E-state index in [2.05, 4.69) is 113 Å². The molecule has 0 saturated heterocycles. The zero-order valence-electron chi connectivity index (χ0n) is 34.8. The van der Waals surface area contributed by atoms with Crippen molar-refractivity contribution >= 4 is 33.1 Å². The molecular formula is C47H45FIrN4O-2. The number of benzene rings is 4. The van der Waals surface area contributed by atoms with E-state index in [-0.39, 0.29) is 36.6 Å². The Labute approximate surface area is 335 Å². The molecule has 7 heteroatoms. The van der Waals surface area contributed by atoms with E-state index in [0.29, 0.717) is 17.5 Å². The minimum absolute atomic E-state index is 0. The molecule has 0 fully saturated rings. The predicted octanol–water partition coefficient (Wildman–Crippen LogP) is 12.6. The van der Waals surface area contributed by atoms with Crippen molar-refractivity contribution < 1.29 is 33.0 Å². The van der Waals surface area contributed by atoms with Gasteiger partial charge in [0.1, 0.15) is 5.58 Å². The number of aromatic nitrogens is 4. The van der Waals surface area contributed by atoms with E-state index in [9.17, 15) is 4.39 Å². The molecule has 0 aliphatic heterocycles. The Morgan fingerprint density at radius 2 is 1.56 bits per heavy atom. The van der Waals surface area contributed by atoms with Gasteiger partial charge in [0.25, 0.3) is 0 Å². The molecule has 4 heterocycles. The fraction of sp³-hybridized carbons (Fsp3) is 0.255. The quantitative estimate of drug-likeness (QED) is 0.162. The van der Waals surface area contributed by atoms with E-state index in [1.165, 1.54) is 22.9 Å². The van der Waals surface area contributed by atoms with Gasteiger partial charge in [-0.25, -0.2) is 4.98 Å². The van der Waals surface area contributed by atoms with Crippen LogP contribution >= 0.6 is 0 Å². The van der Waals surface area contributed by atoms with Crippen LogP contribution in [0.4, 0.5) is 4.39 Å². The zero-order valence-corrected chi connectivity index (χ0v) is 34.2. The van der Waals surface area contributed by atoms with Gasteiger partial charge in [-0.1, -0.05) is 120 Å². The van der Waals surface area contributed by atoms with E-state index in [1.54, 1.807) is 12.3 Å². The molecule has 0 spiro atoms. The molecule has 4 aromatic heterocycles. The van der Waals surface area contributed by atoms with Crippen molar-refractivity contribution in [3.63, 3.8) is 0 Å². The molecule has 0 aliphatic carbocycles. The number of furan rings is 1. The van der Waals surface area contributed by atoms with Crippen molar-refractivity contribution in [1.82, 2.24) is 19.5 Å². The molecule has 0 saturated carbocycles. The van der Waals surface area contributed by atoms with Gasteiger partial charge in [-0.15, -0.1) is 42.0 Å². The Morgan fingerprint density at radius 3 is 2.20 bits per heavy atom. The first-order valence-corrected chi connectivity index (χ1v) is 18.0. The van der Waals surface area contributed by atoms with Crippen molar-refractivity contribution in [1.29, 1.82) is 0 Å². The van der Waals surface area contributed by atoms with Crippen molar-refractivity contribution in [2.45, 2.75) is 79.5 Å². The number of halogens is 1. The fourth-order valence-corrected chi connectivity index (χ4v) is 6.73. The molecule has 0 amide bonds. The van der Waals surface area contributed by atoms with Crippen LogP contribution in [0.15, 0.2) is 102 Å². The largest absolute Gasteiger partial charge is 0.501 e. The summed E-state index contributed by atoms with van der Waals surface area (Å²) in [5.41, 5.74) is 10.7. The average Bonchev–Trinajstić information content (AvgIpc) is 3.72. The van der Waals surface area contributed by atoms with Gasteiger partial charge in [-0.2, -0.15) is 0 Å². The van der Waals surface area contributed by atoms with Gasteiger partial charge in [0.05, 0.1) is 16.9 Å². The number of para-hydroxylation sites is 2. The topological polar surface area (TPSA) is 56.7 Å². The number of rotatable bonds is 5. The van der Waals surface area contributed by atoms with Crippen LogP contribution in [0, 0.1) is 31.7 Å². The van der Waals surface area contributed by atoms with Gasteiger partial charge >= 0.3 is 0 Å². The standard InChI is InChI=1S/C31H28N3O.C16H17FN.Ir/c1-18(2)21-11-8-12-22(19(3)4)28(21)34-26-16-20(5)17-32-30(26)33-31(34)25-14-9-13-24-23-10-6-7-15-27(23)35-29(24)25;1-11-5-7-13(14(17)9-11)15-8-6-12(10-18-15)16(2,3)4;/h6-13,15-19H,1-5H3;5-6,8-10H,1-4H3;/q2*-1;/i;1D3;. The van der Waals surface area contributed by atoms with E-state index in [4.69, 9.17) is 18.5 Å². The van der Waals surface area contributed by atoms with Crippen LogP contribution in [0.5, 0.6) is 0 Å². The average molecular weight is 896 g/mol. The number of hydrogen-bond acceptors (Lipinski definition) is 4. The second-order valence-electron chi connectivity index (χ2n) is 15.2. The molecule has 4 aromatic carbocycles. The van der Waals surface area contributed by atoms with Crippen LogP contribution in [0.25, 0.3) is 61.4 Å². The Morgan fingerprint density at radius 1 is 0.815 bits per heavy atom. The van der Waals surface area contributed by atoms with Crippen molar-refractivity contribution in [2.75, 3.05) is 0 Å². The molecule has 0 N–H and O–H groups in total. The van der Waals surface area contributed by atoms with E-state index >= 15 is 0 Å². The van der Waals surface area contributed by atoms with Gasteiger partial charge in [-0.3, -0.25) is 9.37 Å². The molecule has 5 nitrogen and oxygen atoms in total. The summed E-state index contributed by atoms with van der Waals surface area (Å²) in [6, 6.07) is 33.1. The Bertz CT molecular complexity index is 2680. The second-order valence-corrected chi connectivity index (χ2v) is 15.2. The SMILES string of the molecule is Cc1cnc2nc(-c3[c-]ccc4c3oc3ccccc34)n(-c3c(C(C)C)cccc3C(C)C)c2c1.[2H]C([2H])([2H])c1c[c-]c(-c2ccc(C(C)(C)C)cn2)c(F)c1.[Ir]. The summed E-state index contributed by atoms with van der Waals surface area (Å²) < 4.78 is 44.6. The summed E-state index contributed by atoms with van der Waals surface area (Å²) in [7, 11) is 0. The first kappa shape index (κ1) is 34.8. The van der Waals surface area contributed by atoms with E-state index < -0.39 is 12.7 Å². The van der Waals surface area contributed by atoms with Crippen molar-refractivity contribution in [3.05, 3.63) is 143 Å². The van der Waals surface area contributed by atoms with E-state index in [1.807, 2.05) is 36.5 Å². The third kappa shape index (κ3) is 7.40. The number of aryl methyl sites for hydroxylation is 2. The van der Waals surface area contributed by atoms with Crippen LogP contribution < -0.4 is 0 Å². The molecule has 54 heavy (non-hydrogen) atoms. The summed E-state index contributed by atoms with van der Waals surface area (Å²) in [6.45, 7) is 14.9. The molecule has 1 radical (unpaired) electrons. The predicted molar refractivity (Wildman–Crippen MR) is 215 cm³/mol. The number of nitrogens with zero attached hydrogens (tertiary/aromatic N) is 4. The van der Waals surface area contributed by atoms with Crippen molar-refractivity contribution in [2.24, 2.45) is 0 Å². The van der Waals surface area contributed by atoms with Gasteiger partial charge < -0.3 is 14.0 Å². The van der Waals surface area contributed by atoms with Crippen LogP contribution in [-0.4, -0.2) is 19.5 Å². The third-order valence-corrected chi connectivity index (χ3v) is 9.56. The molecule has 0 bridgehead atoms. The monoisotopic (exact) mass is 896 g/mol. The maximum atomic E-state index is 14.1. The molecule has 0 atom stereocenters. The molecule has 277 valence electrons. The van der Waals surface area contributed by atoms with Crippen molar-refractivity contribution in [3.8, 4) is 28.3 Å². The summed E-state index contributed by atoms with van der Waals surface area (Å²) in [4.78, 5) is 14.0. The minimum Gasteiger partial charge on any atom is -0.501 e. The van der Waals surface area contributed by atoms with Crippen LogP contribution in [0.2, 0.25) is 0 Å². The number of fused-ring (bicyclic) bond motifs is 4. The summed E-state index contributed by atoms with van der Waals surface area (Å²) >= 11 is 0. The smallest absolute Gasteiger partial charge is 0.168 e. The third-order valence-electron chi connectivity index (χ3n) is 9.56. The summed E-state index contributed by atoms with van der Waals surface area (Å²) in [6.07, 6.45) is 3.59. The van der Waals surface area contributed by atoms with Crippen LogP contribution in [-0.2, 0) is 25.5 Å². The Kier molecular flexibility index (Phi) is 9.92. The maximum Gasteiger partial charge on any atom is 0.168 e. The summed E-state index contributed by atoms with van der Waals surface area (Å²) in [5.74, 6) is 0.868. The minimum atomic E-state index is -2.33. The Balaban J connectivity index is 0.000000215. The Hall–Kier alpha value is -4.97. The zero-order chi connectivity index (χ0) is 40.1. The maximum absolute atomic E-state index is 14.1.